The maximum Gasteiger partial charge on any atom is 0.0887 e. The van der Waals surface area contributed by atoms with Gasteiger partial charge in [0.05, 0.1) is 12.9 Å². The van der Waals surface area contributed by atoms with Gasteiger partial charge in [0.25, 0.3) is 0 Å². The van der Waals surface area contributed by atoms with E-state index < -0.39 is 10.8 Å². The van der Waals surface area contributed by atoms with E-state index in [1.807, 2.05) is 31.4 Å². The van der Waals surface area contributed by atoms with Gasteiger partial charge in [-0.15, -0.1) is 0 Å². The molecule has 0 spiro atoms. The van der Waals surface area contributed by atoms with Gasteiger partial charge in [-0.3, -0.25) is 4.21 Å². The first kappa shape index (κ1) is 14.3. The highest BCUT2D eigenvalue weighted by atomic mass is 32.2. The Morgan fingerprint density at radius 1 is 1.42 bits per heavy atom. The predicted molar refractivity (Wildman–Crippen MR) is 81.3 cm³/mol. The molecule has 104 valence electrons. The summed E-state index contributed by atoms with van der Waals surface area (Å²) in [6, 6.07) is 10.2. The normalized spacial score (nSPS) is 27.5. The quantitative estimate of drug-likeness (QED) is 0.605. The summed E-state index contributed by atoms with van der Waals surface area (Å²) in [5, 5.41) is 0. The van der Waals surface area contributed by atoms with E-state index in [0.717, 1.165) is 30.6 Å². The average molecular weight is 278 g/mol. The van der Waals surface area contributed by atoms with Crippen LogP contribution in [0.5, 0.6) is 0 Å². The number of hydrogen-bond donors (Lipinski definition) is 0. The maximum absolute atomic E-state index is 11.9. The second kappa shape index (κ2) is 6.38. The first-order valence-corrected chi connectivity index (χ1v) is 8.16. The molecule has 2 nitrogen and oxygen atoms in total. The van der Waals surface area contributed by atoms with Crippen LogP contribution in [0.4, 0.5) is 0 Å². The highest BCUT2D eigenvalue weighted by molar-refractivity contribution is 7.86. The van der Waals surface area contributed by atoms with Crippen molar-refractivity contribution in [2.45, 2.75) is 37.9 Å². The molecule has 2 atom stereocenters. The van der Waals surface area contributed by atoms with E-state index >= 15 is 0 Å². The van der Waals surface area contributed by atoms with E-state index in [2.05, 4.69) is 19.1 Å². The van der Waals surface area contributed by atoms with E-state index in [-0.39, 0.29) is 4.75 Å². The number of benzene rings is 1. The van der Waals surface area contributed by atoms with Crippen molar-refractivity contribution in [2.24, 2.45) is 0 Å². The van der Waals surface area contributed by atoms with Crippen LogP contribution in [0.15, 0.2) is 36.6 Å². The number of allylic oxidation sites excluding steroid dienone is 1. The Labute approximate surface area is 118 Å². The first-order valence-electron chi connectivity index (χ1n) is 6.84. The van der Waals surface area contributed by atoms with Crippen LogP contribution in [0.3, 0.4) is 0 Å². The van der Waals surface area contributed by atoms with Crippen LogP contribution in [-0.2, 0) is 15.5 Å². The fourth-order valence-corrected chi connectivity index (χ4v) is 3.99. The third-order valence-corrected chi connectivity index (χ3v) is 5.99. The summed E-state index contributed by atoms with van der Waals surface area (Å²) in [4.78, 5) is 0. The zero-order valence-electron chi connectivity index (χ0n) is 11.7. The van der Waals surface area contributed by atoms with Crippen molar-refractivity contribution < 1.29 is 8.95 Å². The van der Waals surface area contributed by atoms with Crippen LogP contribution >= 0.6 is 0 Å². The lowest BCUT2D eigenvalue weighted by Crippen LogP contribution is -2.27. The molecule has 1 heterocycles. The van der Waals surface area contributed by atoms with E-state index in [0.29, 0.717) is 6.61 Å². The highest BCUT2D eigenvalue weighted by Crippen LogP contribution is 2.31. The van der Waals surface area contributed by atoms with Gasteiger partial charge in [0, 0.05) is 21.3 Å². The van der Waals surface area contributed by atoms with E-state index in [9.17, 15) is 4.21 Å². The third-order valence-electron chi connectivity index (χ3n) is 3.82. The summed E-state index contributed by atoms with van der Waals surface area (Å²) >= 11 is 0. The summed E-state index contributed by atoms with van der Waals surface area (Å²) in [5.41, 5.74) is 2.30. The van der Waals surface area contributed by atoms with Gasteiger partial charge in [-0.2, -0.15) is 0 Å². The highest BCUT2D eigenvalue weighted by Gasteiger charge is 2.35. The molecule has 1 aromatic carbocycles. The molecule has 1 aliphatic rings. The van der Waals surface area contributed by atoms with Gasteiger partial charge in [-0.25, -0.2) is 0 Å². The second-order valence-corrected chi connectivity index (χ2v) is 7.48. The molecule has 1 fully saturated rings. The molecule has 1 aliphatic heterocycles. The van der Waals surface area contributed by atoms with Crippen LogP contribution in [0.1, 0.15) is 38.7 Å². The fraction of sp³-hybridized carbons (Fsp3) is 0.500. The third kappa shape index (κ3) is 3.69. The second-order valence-electron chi connectivity index (χ2n) is 5.39. The van der Waals surface area contributed by atoms with Gasteiger partial charge in [-0.1, -0.05) is 30.3 Å². The number of ether oxygens (including phenoxy) is 1. The molecule has 2 rings (SSSR count). The summed E-state index contributed by atoms with van der Waals surface area (Å²) in [6.07, 6.45) is 4.83. The summed E-state index contributed by atoms with van der Waals surface area (Å²) in [5.74, 6) is 0.857. The van der Waals surface area contributed by atoms with Crippen LogP contribution in [0.2, 0.25) is 0 Å². The van der Waals surface area contributed by atoms with Crippen LogP contribution in [0.25, 0.3) is 5.57 Å². The lowest BCUT2D eigenvalue weighted by atomic mass is 10.0. The molecular formula is C16H22O2S. The molecule has 19 heavy (non-hydrogen) atoms. The van der Waals surface area contributed by atoms with Gasteiger partial charge in [0.1, 0.15) is 0 Å². The molecule has 2 unspecified atom stereocenters. The Kier molecular flexibility index (Phi) is 4.81. The summed E-state index contributed by atoms with van der Waals surface area (Å²) in [7, 11) is -0.677. The fourth-order valence-electron chi connectivity index (χ4n) is 2.40. The standard InChI is InChI=1S/C16H22O2S/c1-14(15-7-4-3-5-8-15)13-18-11-10-16(2)9-6-12-19(16)17/h3-5,7-8,13H,6,9-12H2,1-2H3/b14-13-. The Bertz CT molecular complexity index is 467. The monoisotopic (exact) mass is 278 g/mol. The molecule has 0 saturated carbocycles. The lowest BCUT2D eigenvalue weighted by molar-refractivity contribution is 0.231. The van der Waals surface area contributed by atoms with Crippen molar-refractivity contribution in [3.8, 4) is 0 Å². The van der Waals surface area contributed by atoms with Crippen molar-refractivity contribution >= 4 is 16.4 Å². The largest absolute Gasteiger partial charge is 0.501 e. The van der Waals surface area contributed by atoms with Gasteiger partial charge in [-0.05, 0) is 44.2 Å². The van der Waals surface area contributed by atoms with Crippen molar-refractivity contribution in [3.05, 3.63) is 42.2 Å². The summed E-state index contributed by atoms with van der Waals surface area (Å²) in [6.45, 7) is 4.81. The molecule has 0 aliphatic carbocycles. The Balaban J connectivity index is 1.82. The molecular weight excluding hydrogens is 256 g/mol. The Morgan fingerprint density at radius 3 is 2.79 bits per heavy atom. The molecule has 3 heteroatoms. The Hall–Kier alpha value is -1.09. The Morgan fingerprint density at radius 2 is 2.16 bits per heavy atom. The van der Waals surface area contributed by atoms with E-state index in [1.165, 1.54) is 5.56 Å². The van der Waals surface area contributed by atoms with Crippen molar-refractivity contribution in [3.63, 3.8) is 0 Å². The van der Waals surface area contributed by atoms with Gasteiger partial charge >= 0.3 is 0 Å². The van der Waals surface area contributed by atoms with Crippen LogP contribution in [0, 0.1) is 0 Å². The van der Waals surface area contributed by atoms with Gasteiger partial charge < -0.3 is 4.74 Å². The molecule has 0 aromatic heterocycles. The minimum absolute atomic E-state index is 0.0332. The van der Waals surface area contributed by atoms with E-state index in [4.69, 9.17) is 4.74 Å². The molecule has 1 saturated heterocycles. The zero-order chi connectivity index (χ0) is 13.7. The first-order chi connectivity index (χ1) is 9.12. The van der Waals surface area contributed by atoms with Gasteiger partial charge in [0.15, 0.2) is 0 Å². The molecule has 1 aromatic rings. The van der Waals surface area contributed by atoms with Crippen LogP contribution < -0.4 is 0 Å². The maximum atomic E-state index is 11.9. The minimum atomic E-state index is -0.677. The number of rotatable bonds is 5. The van der Waals surface area contributed by atoms with E-state index in [1.54, 1.807) is 0 Å². The van der Waals surface area contributed by atoms with Crippen molar-refractivity contribution in [2.75, 3.05) is 12.4 Å². The van der Waals surface area contributed by atoms with Crippen molar-refractivity contribution in [1.29, 1.82) is 0 Å². The van der Waals surface area contributed by atoms with Crippen molar-refractivity contribution in [1.82, 2.24) is 0 Å². The SMILES string of the molecule is C/C(=C/OCCC1(C)CCCS1=O)c1ccccc1. The molecule has 0 amide bonds. The number of hydrogen-bond acceptors (Lipinski definition) is 2. The van der Waals surface area contributed by atoms with Gasteiger partial charge in [0.2, 0.25) is 0 Å². The van der Waals surface area contributed by atoms with Crippen LogP contribution in [-0.4, -0.2) is 21.3 Å². The smallest absolute Gasteiger partial charge is 0.0887 e. The molecule has 0 bridgehead atoms. The zero-order valence-corrected chi connectivity index (χ0v) is 12.5. The predicted octanol–water partition coefficient (Wildman–Crippen LogP) is 3.76. The summed E-state index contributed by atoms with van der Waals surface area (Å²) < 4.78 is 17.5. The average Bonchev–Trinajstić information content (AvgIpc) is 2.76. The molecule has 0 radical (unpaired) electrons. The molecule has 0 N–H and O–H groups in total. The minimum Gasteiger partial charge on any atom is -0.501 e. The topological polar surface area (TPSA) is 26.3 Å². The lowest BCUT2D eigenvalue weighted by Gasteiger charge is -2.21.